The van der Waals surface area contributed by atoms with E-state index in [2.05, 4.69) is 20.4 Å². The van der Waals surface area contributed by atoms with Crippen LogP contribution in [-0.4, -0.2) is 33.0 Å². The summed E-state index contributed by atoms with van der Waals surface area (Å²) in [5.74, 6) is 1.92. The summed E-state index contributed by atoms with van der Waals surface area (Å²) < 4.78 is 13.1. The fourth-order valence-corrected chi connectivity index (χ4v) is 3.00. The normalized spacial score (nSPS) is 14.2. The van der Waals surface area contributed by atoms with E-state index in [1.807, 2.05) is 39.0 Å². The highest BCUT2D eigenvalue weighted by Crippen LogP contribution is 2.30. The first kappa shape index (κ1) is 17.4. The lowest BCUT2D eigenvalue weighted by Gasteiger charge is -2.19. The van der Waals surface area contributed by atoms with E-state index < -0.39 is 0 Å². The first-order chi connectivity index (χ1) is 12.9. The van der Waals surface area contributed by atoms with Gasteiger partial charge in [0.15, 0.2) is 17.1 Å². The number of hydrogen-bond acceptors (Lipinski definition) is 6. The summed E-state index contributed by atoms with van der Waals surface area (Å²) in [5, 5.41) is 7.98. The fourth-order valence-electron chi connectivity index (χ4n) is 3.00. The first-order valence-electron chi connectivity index (χ1n) is 9.03. The molecule has 8 heteroatoms. The number of nitrogens with zero attached hydrogens (tertiary/aromatic N) is 3. The lowest BCUT2D eigenvalue weighted by atomic mass is 10.1. The third-order valence-electron chi connectivity index (χ3n) is 4.35. The number of H-pyrrole nitrogens is 1. The van der Waals surface area contributed by atoms with E-state index >= 15 is 0 Å². The molecule has 1 aliphatic rings. The summed E-state index contributed by atoms with van der Waals surface area (Å²) in [5.41, 5.74) is 1.09. The van der Waals surface area contributed by atoms with Gasteiger partial charge in [-0.05, 0) is 38.5 Å². The van der Waals surface area contributed by atoms with Crippen molar-refractivity contribution in [2.24, 2.45) is 0 Å². The number of ether oxygens (including phenoxy) is 2. The van der Waals surface area contributed by atoms with Crippen LogP contribution in [0.15, 0.2) is 29.2 Å². The SMILES string of the molecule is CC(C)(C)n1ncc2c(=O)[nH]c(NCc3ccc4c(c3)OCCCO4)nc21. The second-order valence-electron chi connectivity index (χ2n) is 7.56. The van der Waals surface area contributed by atoms with Crippen molar-refractivity contribution in [3.05, 3.63) is 40.3 Å². The Labute approximate surface area is 156 Å². The van der Waals surface area contributed by atoms with Gasteiger partial charge in [0.25, 0.3) is 5.56 Å². The Kier molecular flexibility index (Phi) is 4.25. The predicted molar refractivity (Wildman–Crippen MR) is 103 cm³/mol. The Morgan fingerprint density at radius 3 is 2.78 bits per heavy atom. The molecule has 1 aliphatic heterocycles. The third kappa shape index (κ3) is 3.47. The smallest absolute Gasteiger partial charge is 0.263 e. The molecule has 0 radical (unpaired) electrons. The first-order valence-corrected chi connectivity index (χ1v) is 9.03. The predicted octanol–water partition coefficient (Wildman–Crippen LogP) is 2.65. The topological polar surface area (TPSA) is 94.1 Å². The Bertz CT molecular complexity index is 1030. The lowest BCUT2D eigenvalue weighted by Crippen LogP contribution is -2.24. The highest BCUT2D eigenvalue weighted by Gasteiger charge is 2.20. The van der Waals surface area contributed by atoms with Crippen molar-refractivity contribution in [3.63, 3.8) is 0 Å². The number of rotatable bonds is 3. The molecule has 3 heterocycles. The summed E-state index contributed by atoms with van der Waals surface area (Å²) in [4.78, 5) is 19.7. The highest BCUT2D eigenvalue weighted by atomic mass is 16.5. The molecule has 0 atom stereocenters. The zero-order valence-electron chi connectivity index (χ0n) is 15.7. The summed E-state index contributed by atoms with van der Waals surface area (Å²) in [6, 6.07) is 5.83. The largest absolute Gasteiger partial charge is 0.490 e. The Balaban J connectivity index is 1.59. The summed E-state index contributed by atoms with van der Waals surface area (Å²) >= 11 is 0. The number of hydrogen-bond donors (Lipinski definition) is 2. The van der Waals surface area contributed by atoms with Gasteiger partial charge in [-0.25, -0.2) is 4.68 Å². The van der Waals surface area contributed by atoms with Crippen molar-refractivity contribution in [1.82, 2.24) is 19.7 Å². The van der Waals surface area contributed by atoms with Crippen molar-refractivity contribution in [3.8, 4) is 11.5 Å². The van der Waals surface area contributed by atoms with E-state index in [-0.39, 0.29) is 11.1 Å². The Morgan fingerprint density at radius 1 is 1.22 bits per heavy atom. The molecule has 8 nitrogen and oxygen atoms in total. The summed E-state index contributed by atoms with van der Waals surface area (Å²) in [7, 11) is 0. The minimum absolute atomic E-state index is 0.211. The van der Waals surface area contributed by atoms with Gasteiger partial charge in [0.1, 0.15) is 5.39 Å². The average molecular weight is 369 g/mol. The molecule has 27 heavy (non-hydrogen) atoms. The molecular weight excluding hydrogens is 346 g/mol. The highest BCUT2D eigenvalue weighted by molar-refractivity contribution is 5.74. The molecular formula is C19H23N5O3. The van der Waals surface area contributed by atoms with Gasteiger partial charge in [0, 0.05) is 13.0 Å². The van der Waals surface area contributed by atoms with Gasteiger partial charge >= 0.3 is 0 Å². The number of aromatic nitrogens is 4. The van der Waals surface area contributed by atoms with Crippen LogP contribution in [0.4, 0.5) is 5.95 Å². The van der Waals surface area contributed by atoms with Crippen LogP contribution in [0.1, 0.15) is 32.8 Å². The zero-order chi connectivity index (χ0) is 19.0. The number of nitrogens with one attached hydrogen (secondary N) is 2. The van der Waals surface area contributed by atoms with Crippen molar-refractivity contribution in [2.45, 2.75) is 39.3 Å². The second kappa shape index (κ2) is 6.61. The summed E-state index contributed by atoms with van der Waals surface area (Å²) in [6.07, 6.45) is 2.43. The third-order valence-corrected chi connectivity index (χ3v) is 4.35. The van der Waals surface area contributed by atoms with Gasteiger partial charge in [-0.15, -0.1) is 0 Å². The lowest BCUT2D eigenvalue weighted by molar-refractivity contribution is 0.297. The van der Waals surface area contributed by atoms with Crippen molar-refractivity contribution in [2.75, 3.05) is 18.5 Å². The molecule has 0 unspecified atom stereocenters. The average Bonchev–Trinajstić information content (AvgIpc) is 2.92. The number of fused-ring (bicyclic) bond motifs is 2. The van der Waals surface area contributed by atoms with Crippen LogP contribution < -0.4 is 20.3 Å². The van der Waals surface area contributed by atoms with Gasteiger partial charge in [0.2, 0.25) is 5.95 Å². The summed E-state index contributed by atoms with van der Waals surface area (Å²) in [6.45, 7) is 7.87. The van der Waals surface area contributed by atoms with E-state index in [4.69, 9.17) is 9.47 Å². The fraction of sp³-hybridized carbons (Fsp3) is 0.421. The van der Waals surface area contributed by atoms with Gasteiger partial charge < -0.3 is 14.8 Å². The molecule has 2 aromatic heterocycles. The molecule has 0 spiro atoms. The quantitative estimate of drug-likeness (QED) is 0.737. The zero-order valence-corrected chi connectivity index (χ0v) is 15.7. The van der Waals surface area contributed by atoms with Gasteiger partial charge in [-0.1, -0.05) is 6.07 Å². The van der Waals surface area contributed by atoms with E-state index in [1.54, 1.807) is 10.9 Å². The minimum Gasteiger partial charge on any atom is -0.490 e. The standard InChI is InChI=1S/C19H23N5O3/c1-19(2,3)24-16-13(11-21-24)17(25)23-18(22-16)20-10-12-5-6-14-15(9-12)27-8-4-7-26-14/h5-6,9,11H,4,7-8,10H2,1-3H3,(H2,20,22,23,25). The van der Waals surface area contributed by atoms with Crippen LogP contribution in [0.25, 0.3) is 11.0 Å². The molecule has 0 fully saturated rings. The van der Waals surface area contributed by atoms with Gasteiger partial charge in [-0.2, -0.15) is 10.1 Å². The van der Waals surface area contributed by atoms with E-state index in [0.717, 1.165) is 23.5 Å². The van der Waals surface area contributed by atoms with Crippen LogP contribution in [0.2, 0.25) is 0 Å². The van der Waals surface area contributed by atoms with Crippen LogP contribution >= 0.6 is 0 Å². The maximum absolute atomic E-state index is 12.4. The van der Waals surface area contributed by atoms with Crippen LogP contribution in [0, 0.1) is 0 Å². The Hall–Kier alpha value is -3.03. The maximum Gasteiger partial charge on any atom is 0.263 e. The number of benzene rings is 1. The molecule has 4 rings (SSSR count). The molecule has 0 amide bonds. The molecule has 0 bridgehead atoms. The van der Waals surface area contributed by atoms with Crippen LogP contribution in [0.3, 0.4) is 0 Å². The maximum atomic E-state index is 12.4. The minimum atomic E-state index is -0.270. The van der Waals surface area contributed by atoms with Crippen molar-refractivity contribution in [1.29, 1.82) is 0 Å². The van der Waals surface area contributed by atoms with Crippen molar-refractivity contribution >= 4 is 17.0 Å². The second-order valence-corrected chi connectivity index (χ2v) is 7.56. The van der Waals surface area contributed by atoms with Gasteiger partial charge in [0.05, 0.1) is 24.9 Å². The van der Waals surface area contributed by atoms with Gasteiger partial charge in [-0.3, -0.25) is 9.78 Å². The molecule has 0 aliphatic carbocycles. The molecule has 1 aromatic carbocycles. The molecule has 0 saturated carbocycles. The molecule has 142 valence electrons. The Morgan fingerprint density at radius 2 is 2.00 bits per heavy atom. The number of anilines is 1. The number of aromatic amines is 1. The van der Waals surface area contributed by atoms with Crippen LogP contribution in [0.5, 0.6) is 11.5 Å². The van der Waals surface area contributed by atoms with E-state index in [9.17, 15) is 4.79 Å². The molecule has 2 N–H and O–H groups in total. The van der Waals surface area contributed by atoms with E-state index in [1.165, 1.54) is 0 Å². The monoisotopic (exact) mass is 369 g/mol. The molecule has 3 aromatic rings. The van der Waals surface area contributed by atoms with Crippen LogP contribution in [-0.2, 0) is 12.1 Å². The van der Waals surface area contributed by atoms with E-state index in [0.29, 0.717) is 36.7 Å². The molecule has 0 saturated heterocycles. The van der Waals surface area contributed by atoms with Crippen molar-refractivity contribution < 1.29 is 9.47 Å².